The zero-order valence-corrected chi connectivity index (χ0v) is 18.4. The van der Waals surface area contributed by atoms with E-state index in [2.05, 4.69) is 5.32 Å². The summed E-state index contributed by atoms with van der Waals surface area (Å²) >= 11 is 5.93. The Kier molecular flexibility index (Phi) is 7.73. The first-order chi connectivity index (χ1) is 14.7. The highest BCUT2D eigenvalue weighted by molar-refractivity contribution is 7.50. The molecule has 166 valence electrons. The van der Waals surface area contributed by atoms with Crippen molar-refractivity contribution in [2.45, 2.75) is 25.6 Å². The molecule has 0 aromatic heterocycles. The molecular weight excluding hydrogens is 443 g/mol. The van der Waals surface area contributed by atoms with Crippen LogP contribution in [-0.2, 0) is 26.9 Å². The van der Waals surface area contributed by atoms with E-state index in [4.69, 9.17) is 26.1 Å². The van der Waals surface area contributed by atoms with Gasteiger partial charge in [-0.25, -0.2) is 4.79 Å². The molecule has 10 heteroatoms. The molecule has 0 atom stereocenters. The lowest BCUT2D eigenvalue weighted by Gasteiger charge is -2.30. The van der Waals surface area contributed by atoms with E-state index >= 15 is 0 Å². The van der Waals surface area contributed by atoms with Crippen molar-refractivity contribution in [1.82, 2.24) is 4.90 Å². The standard InChI is InChI=1S/C21H24ClN2O6P/c22-18-3-1-2-16(12-18)13-30-21(26)24-10-8-17(9-11-24)20(25)23-19-6-4-15(5-7-19)14-31(27,28)29/h1-7,12,17H,8-11,13-14H2,(H,23,25)(H2,27,28,29). The number of nitrogens with one attached hydrogen (secondary N) is 1. The first kappa shape index (κ1) is 23.3. The van der Waals surface area contributed by atoms with Gasteiger partial charge in [0.15, 0.2) is 0 Å². The van der Waals surface area contributed by atoms with E-state index in [0.717, 1.165) is 5.56 Å². The van der Waals surface area contributed by atoms with Crippen LogP contribution in [0.2, 0.25) is 5.02 Å². The van der Waals surface area contributed by atoms with Crippen LogP contribution in [0.5, 0.6) is 0 Å². The fraction of sp³-hybridized carbons (Fsp3) is 0.333. The summed E-state index contributed by atoms with van der Waals surface area (Å²) in [6.45, 7) is 0.985. The second-order valence-electron chi connectivity index (χ2n) is 7.45. The maximum atomic E-state index is 12.5. The number of nitrogens with zero attached hydrogens (tertiary/aromatic N) is 1. The van der Waals surface area contributed by atoms with Crippen molar-refractivity contribution in [2.75, 3.05) is 18.4 Å². The first-order valence-corrected chi connectivity index (χ1v) is 12.0. The molecule has 31 heavy (non-hydrogen) atoms. The summed E-state index contributed by atoms with van der Waals surface area (Å²) in [4.78, 5) is 44.4. The number of halogens is 1. The maximum absolute atomic E-state index is 12.5. The molecule has 0 spiro atoms. The third-order valence-corrected chi connectivity index (χ3v) is 6.00. The van der Waals surface area contributed by atoms with Crippen LogP contribution in [0.3, 0.4) is 0 Å². The average molecular weight is 467 g/mol. The van der Waals surface area contributed by atoms with Crippen molar-refractivity contribution in [3.63, 3.8) is 0 Å². The highest BCUT2D eigenvalue weighted by Gasteiger charge is 2.28. The zero-order valence-electron chi connectivity index (χ0n) is 16.7. The average Bonchev–Trinajstić information content (AvgIpc) is 2.72. The Morgan fingerprint density at radius 3 is 2.39 bits per heavy atom. The van der Waals surface area contributed by atoms with E-state index in [9.17, 15) is 14.2 Å². The van der Waals surface area contributed by atoms with E-state index in [1.54, 1.807) is 47.4 Å². The topological polar surface area (TPSA) is 116 Å². The number of carbonyl (C=O) groups excluding carboxylic acids is 2. The van der Waals surface area contributed by atoms with Gasteiger partial charge in [0, 0.05) is 29.7 Å². The molecule has 2 aromatic carbocycles. The van der Waals surface area contributed by atoms with Gasteiger partial charge in [-0.1, -0.05) is 35.9 Å². The molecule has 0 bridgehead atoms. The number of rotatable bonds is 6. The van der Waals surface area contributed by atoms with Crippen LogP contribution < -0.4 is 5.32 Å². The van der Waals surface area contributed by atoms with Crippen molar-refractivity contribution in [2.24, 2.45) is 5.92 Å². The molecule has 2 aromatic rings. The summed E-state index contributed by atoms with van der Waals surface area (Å²) in [5.74, 6) is -0.374. The van der Waals surface area contributed by atoms with E-state index in [1.807, 2.05) is 6.07 Å². The second-order valence-corrected chi connectivity index (χ2v) is 9.54. The van der Waals surface area contributed by atoms with Gasteiger partial charge in [0.05, 0.1) is 6.16 Å². The lowest BCUT2D eigenvalue weighted by Crippen LogP contribution is -2.41. The Labute approximate surface area is 185 Å². The van der Waals surface area contributed by atoms with Gasteiger partial charge in [-0.05, 0) is 48.2 Å². The van der Waals surface area contributed by atoms with Crippen molar-refractivity contribution < 1.29 is 28.7 Å². The molecule has 8 nitrogen and oxygen atoms in total. The Hall–Kier alpha value is -2.38. The highest BCUT2D eigenvalue weighted by atomic mass is 35.5. The molecular formula is C21H24ClN2O6P. The number of carbonyl (C=O) groups is 2. The van der Waals surface area contributed by atoms with Crippen molar-refractivity contribution in [3.8, 4) is 0 Å². The monoisotopic (exact) mass is 466 g/mol. The van der Waals surface area contributed by atoms with Crippen LogP contribution in [0.4, 0.5) is 10.5 Å². The van der Waals surface area contributed by atoms with Crippen molar-refractivity contribution in [1.29, 1.82) is 0 Å². The SMILES string of the molecule is O=C(Nc1ccc(CP(=O)(O)O)cc1)C1CCN(C(=O)OCc2cccc(Cl)c2)CC1. The molecule has 0 aliphatic carbocycles. The maximum Gasteiger partial charge on any atom is 0.410 e. The quantitative estimate of drug-likeness (QED) is 0.554. The van der Waals surface area contributed by atoms with Crippen LogP contribution in [0.1, 0.15) is 24.0 Å². The first-order valence-electron chi connectivity index (χ1n) is 9.80. The molecule has 0 radical (unpaired) electrons. The Balaban J connectivity index is 1.44. The molecule has 1 heterocycles. The van der Waals surface area contributed by atoms with Crippen LogP contribution in [0.15, 0.2) is 48.5 Å². The minimum Gasteiger partial charge on any atom is -0.445 e. The van der Waals surface area contributed by atoms with Gasteiger partial charge in [-0.2, -0.15) is 0 Å². The lowest BCUT2D eigenvalue weighted by atomic mass is 9.96. The minimum absolute atomic E-state index is 0.137. The molecule has 1 saturated heterocycles. The molecule has 0 saturated carbocycles. The molecule has 3 N–H and O–H groups in total. The molecule has 1 fully saturated rings. The second kappa shape index (κ2) is 10.3. The molecule has 0 unspecified atom stereocenters. The molecule has 3 rings (SSSR count). The van der Waals surface area contributed by atoms with Crippen molar-refractivity contribution >= 4 is 36.9 Å². The minimum atomic E-state index is -4.13. The van der Waals surface area contributed by atoms with Gasteiger partial charge >= 0.3 is 13.7 Å². The summed E-state index contributed by atoms with van der Waals surface area (Å²) in [6, 6.07) is 13.5. The van der Waals surface area contributed by atoms with Gasteiger partial charge in [0.1, 0.15) is 6.61 Å². The molecule has 2 amide bonds. The summed E-state index contributed by atoms with van der Waals surface area (Å²) in [6.07, 6.45) is 0.287. The van der Waals surface area contributed by atoms with Crippen LogP contribution in [0.25, 0.3) is 0 Å². The number of likely N-dealkylation sites (tertiary alicyclic amines) is 1. The highest BCUT2D eigenvalue weighted by Crippen LogP contribution is 2.39. The van der Waals surface area contributed by atoms with Gasteiger partial charge < -0.3 is 24.7 Å². The third-order valence-electron chi connectivity index (χ3n) is 4.99. The number of piperidine rings is 1. The third kappa shape index (κ3) is 7.36. The Morgan fingerprint density at radius 2 is 1.77 bits per heavy atom. The smallest absolute Gasteiger partial charge is 0.410 e. The number of benzene rings is 2. The van der Waals surface area contributed by atoms with Crippen LogP contribution >= 0.6 is 19.2 Å². The van der Waals surface area contributed by atoms with Crippen molar-refractivity contribution in [3.05, 3.63) is 64.7 Å². The number of ether oxygens (including phenoxy) is 1. The number of amides is 2. The fourth-order valence-corrected chi connectivity index (χ4v) is 4.26. The lowest BCUT2D eigenvalue weighted by molar-refractivity contribution is -0.121. The van der Waals surface area contributed by atoms with E-state index < -0.39 is 13.7 Å². The Bertz CT molecular complexity index is 970. The zero-order chi connectivity index (χ0) is 22.4. The normalized spacial score (nSPS) is 14.9. The summed E-state index contributed by atoms with van der Waals surface area (Å²) in [7, 11) is -4.13. The summed E-state index contributed by atoms with van der Waals surface area (Å²) in [5.41, 5.74) is 1.86. The molecule has 1 aliphatic heterocycles. The van der Waals surface area contributed by atoms with Gasteiger partial charge in [0.2, 0.25) is 5.91 Å². The summed E-state index contributed by atoms with van der Waals surface area (Å²) < 4.78 is 16.4. The van der Waals surface area contributed by atoms with Gasteiger partial charge in [-0.3, -0.25) is 9.36 Å². The predicted molar refractivity (Wildman–Crippen MR) is 117 cm³/mol. The van der Waals surface area contributed by atoms with E-state index in [-0.39, 0.29) is 24.6 Å². The Morgan fingerprint density at radius 1 is 1.10 bits per heavy atom. The number of hydrogen-bond donors (Lipinski definition) is 3. The van der Waals surface area contributed by atoms with Crippen LogP contribution in [-0.4, -0.2) is 39.8 Å². The molecule has 1 aliphatic rings. The fourth-order valence-electron chi connectivity index (χ4n) is 3.36. The van der Waals surface area contributed by atoms with Gasteiger partial charge in [-0.15, -0.1) is 0 Å². The largest absolute Gasteiger partial charge is 0.445 e. The van der Waals surface area contributed by atoms with Crippen LogP contribution in [0, 0.1) is 5.92 Å². The summed E-state index contributed by atoms with van der Waals surface area (Å²) in [5, 5.41) is 3.40. The van der Waals surface area contributed by atoms with E-state index in [1.165, 1.54) is 0 Å². The van der Waals surface area contributed by atoms with E-state index in [0.29, 0.717) is 42.2 Å². The number of hydrogen-bond acceptors (Lipinski definition) is 4. The predicted octanol–water partition coefficient (Wildman–Crippen LogP) is 4.01. The number of anilines is 1. The van der Waals surface area contributed by atoms with Gasteiger partial charge in [0.25, 0.3) is 0 Å².